The lowest BCUT2D eigenvalue weighted by Crippen LogP contribution is -2.08. The summed E-state index contributed by atoms with van der Waals surface area (Å²) in [4.78, 5) is 20.3. The van der Waals surface area contributed by atoms with Gasteiger partial charge in [0.05, 0.1) is 0 Å². The number of nitrogens with zero attached hydrogens (tertiary/aromatic N) is 4. The standard InChI is InChI=1S/C15H12BrFN4O2/c1-8-5-9(2)21-15(18-8)19-13(20-21)14(22)23-7-10-3-4-11(16)6-12(10)17/h3-6H,7H2,1-2H3. The van der Waals surface area contributed by atoms with Gasteiger partial charge in [-0.3, -0.25) is 0 Å². The monoisotopic (exact) mass is 378 g/mol. The van der Waals surface area contributed by atoms with Crippen LogP contribution in [0.2, 0.25) is 0 Å². The number of rotatable bonds is 3. The van der Waals surface area contributed by atoms with Gasteiger partial charge in [-0.2, -0.15) is 4.98 Å². The van der Waals surface area contributed by atoms with Crippen molar-refractivity contribution in [1.82, 2.24) is 19.6 Å². The largest absolute Gasteiger partial charge is 0.455 e. The third kappa shape index (κ3) is 3.21. The van der Waals surface area contributed by atoms with E-state index in [1.165, 1.54) is 10.6 Å². The lowest BCUT2D eigenvalue weighted by molar-refractivity contribution is 0.0454. The second kappa shape index (κ2) is 6.04. The van der Waals surface area contributed by atoms with Crippen LogP contribution in [0.3, 0.4) is 0 Å². The van der Waals surface area contributed by atoms with E-state index < -0.39 is 11.8 Å². The second-order valence-electron chi connectivity index (χ2n) is 5.00. The van der Waals surface area contributed by atoms with Gasteiger partial charge in [0.25, 0.3) is 11.6 Å². The van der Waals surface area contributed by atoms with Crippen molar-refractivity contribution >= 4 is 27.7 Å². The normalized spacial score (nSPS) is 11.0. The fourth-order valence-corrected chi connectivity index (χ4v) is 2.43. The number of aryl methyl sites for hydroxylation is 2. The maximum Gasteiger partial charge on any atom is 0.378 e. The molecule has 0 amide bonds. The Labute approximate surface area is 139 Å². The van der Waals surface area contributed by atoms with Gasteiger partial charge >= 0.3 is 5.97 Å². The van der Waals surface area contributed by atoms with E-state index in [0.29, 0.717) is 10.3 Å². The van der Waals surface area contributed by atoms with Gasteiger partial charge < -0.3 is 4.74 Å². The van der Waals surface area contributed by atoms with Gasteiger partial charge in [-0.1, -0.05) is 22.0 Å². The molecular weight excluding hydrogens is 367 g/mol. The Kier molecular flexibility index (Phi) is 4.08. The smallest absolute Gasteiger partial charge is 0.378 e. The molecule has 0 atom stereocenters. The molecule has 2 heterocycles. The number of aromatic nitrogens is 4. The molecular formula is C15H12BrFN4O2. The lowest BCUT2D eigenvalue weighted by Gasteiger charge is -2.04. The van der Waals surface area contributed by atoms with Gasteiger partial charge in [0.2, 0.25) is 0 Å². The molecule has 0 aliphatic heterocycles. The van der Waals surface area contributed by atoms with Crippen LogP contribution in [0.15, 0.2) is 28.7 Å². The number of hydrogen-bond acceptors (Lipinski definition) is 5. The zero-order chi connectivity index (χ0) is 16.6. The highest BCUT2D eigenvalue weighted by atomic mass is 79.9. The maximum atomic E-state index is 13.7. The van der Waals surface area contributed by atoms with E-state index in [0.717, 1.165) is 11.4 Å². The van der Waals surface area contributed by atoms with E-state index in [1.807, 2.05) is 19.9 Å². The molecule has 0 saturated carbocycles. The molecule has 0 aliphatic carbocycles. The topological polar surface area (TPSA) is 69.4 Å². The predicted molar refractivity (Wildman–Crippen MR) is 83.5 cm³/mol. The first kappa shape index (κ1) is 15.5. The predicted octanol–water partition coefficient (Wildman–Crippen LogP) is 3.00. The Morgan fingerprint density at radius 3 is 2.83 bits per heavy atom. The van der Waals surface area contributed by atoms with Gasteiger partial charge in [0.15, 0.2) is 0 Å². The fraction of sp³-hybridized carbons (Fsp3) is 0.200. The SMILES string of the molecule is Cc1cc(C)n2nc(C(=O)OCc3ccc(Br)cc3F)nc2n1. The third-order valence-electron chi connectivity index (χ3n) is 3.17. The van der Waals surface area contributed by atoms with Crippen LogP contribution in [0.25, 0.3) is 5.78 Å². The number of ether oxygens (including phenoxy) is 1. The van der Waals surface area contributed by atoms with Crippen LogP contribution < -0.4 is 0 Å². The molecule has 6 nitrogen and oxygen atoms in total. The second-order valence-corrected chi connectivity index (χ2v) is 5.91. The summed E-state index contributed by atoms with van der Waals surface area (Å²) in [7, 11) is 0. The van der Waals surface area contributed by atoms with Crippen molar-refractivity contribution in [3.63, 3.8) is 0 Å². The van der Waals surface area contributed by atoms with Crippen molar-refractivity contribution in [1.29, 1.82) is 0 Å². The minimum Gasteiger partial charge on any atom is -0.455 e. The van der Waals surface area contributed by atoms with E-state index in [2.05, 4.69) is 31.0 Å². The molecule has 0 radical (unpaired) electrons. The first-order chi connectivity index (χ1) is 10.9. The molecule has 23 heavy (non-hydrogen) atoms. The molecule has 0 unspecified atom stereocenters. The molecule has 0 fully saturated rings. The minimum atomic E-state index is -0.727. The number of halogens is 2. The third-order valence-corrected chi connectivity index (χ3v) is 3.67. The summed E-state index contributed by atoms with van der Waals surface area (Å²) < 4.78 is 20.9. The van der Waals surface area contributed by atoms with Gasteiger partial charge in [-0.05, 0) is 32.0 Å². The Bertz CT molecular complexity index is 910. The van der Waals surface area contributed by atoms with Gasteiger partial charge in [-0.15, -0.1) is 5.10 Å². The molecule has 118 valence electrons. The van der Waals surface area contributed by atoms with E-state index in [1.54, 1.807) is 12.1 Å². The van der Waals surface area contributed by atoms with Crippen molar-refractivity contribution in [2.75, 3.05) is 0 Å². The van der Waals surface area contributed by atoms with E-state index in [9.17, 15) is 9.18 Å². The number of esters is 1. The molecule has 2 aromatic heterocycles. The highest BCUT2D eigenvalue weighted by Gasteiger charge is 2.17. The Balaban J connectivity index is 1.79. The first-order valence-corrected chi connectivity index (χ1v) is 7.55. The number of carbonyl (C=O) groups is 1. The summed E-state index contributed by atoms with van der Waals surface area (Å²) in [6, 6.07) is 6.35. The summed E-state index contributed by atoms with van der Waals surface area (Å²) in [5, 5.41) is 4.07. The van der Waals surface area contributed by atoms with Crippen LogP contribution in [0, 0.1) is 19.7 Å². The Morgan fingerprint density at radius 1 is 1.30 bits per heavy atom. The molecule has 3 rings (SSSR count). The van der Waals surface area contributed by atoms with Crippen molar-refractivity contribution in [3.05, 3.63) is 57.3 Å². The number of fused-ring (bicyclic) bond motifs is 1. The molecule has 3 aromatic rings. The van der Waals surface area contributed by atoms with Gasteiger partial charge in [0.1, 0.15) is 12.4 Å². The quantitative estimate of drug-likeness (QED) is 0.655. The fourth-order valence-electron chi connectivity index (χ4n) is 2.10. The number of benzene rings is 1. The molecule has 0 saturated heterocycles. The molecule has 0 spiro atoms. The summed E-state index contributed by atoms with van der Waals surface area (Å²) >= 11 is 3.17. The highest BCUT2D eigenvalue weighted by molar-refractivity contribution is 9.10. The first-order valence-electron chi connectivity index (χ1n) is 6.76. The van der Waals surface area contributed by atoms with Crippen molar-refractivity contribution < 1.29 is 13.9 Å². The summed E-state index contributed by atoms with van der Waals surface area (Å²) in [6.07, 6.45) is 0. The summed E-state index contributed by atoms with van der Waals surface area (Å²) in [5.41, 5.74) is 1.85. The van der Waals surface area contributed by atoms with Crippen LogP contribution in [0.4, 0.5) is 4.39 Å². The van der Waals surface area contributed by atoms with E-state index >= 15 is 0 Å². The zero-order valence-corrected chi connectivity index (χ0v) is 14.0. The van der Waals surface area contributed by atoms with Crippen LogP contribution in [0.1, 0.15) is 27.6 Å². The van der Waals surface area contributed by atoms with E-state index in [4.69, 9.17) is 4.74 Å². The van der Waals surface area contributed by atoms with Crippen LogP contribution in [-0.2, 0) is 11.3 Å². The van der Waals surface area contributed by atoms with Gasteiger partial charge in [0, 0.05) is 21.4 Å². The molecule has 8 heteroatoms. The average molecular weight is 379 g/mol. The van der Waals surface area contributed by atoms with E-state index in [-0.39, 0.29) is 18.0 Å². The van der Waals surface area contributed by atoms with Gasteiger partial charge in [-0.25, -0.2) is 18.7 Å². The zero-order valence-electron chi connectivity index (χ0n) is 12.4. The van der Waals surface area contributed by atoms with Crippen molar-refractivity contribution in [2.24, 2.45) is 0 Å². The van der Waals surface area contributed by atoms with Crippen molar-refractivity contribution in [2.45, 2.75) is 20.5 Å². The maximum absolute atomic E-state index is 13.7. The lowest BCUT2D eigenvalue weighted by atomic mass is 10.2. The molecule has 0 N–H and O–H groups in total. The number of hydrogen-bond donors (Lipinski definition) is 0. The van der Waals surface area contributed by atoms with Crippen molar-refractivity contribution in [3.8, 4) is 0 Å². The highest BCUT2D eigenvalue weighted by Crippen LogP contribution is 2.16. The molecule has 0 aliphatic rings. The minimum absolute atomic E-state index is 0.108. The average Bonchev–Trinajstić information content (AvgIpc) is 2.90. The number of carbonyl (C=O) groups excluding carboxylic acids is 1. The van der Waals surface area contributed by atoms with Crippen LogP contribution in [0.5, 0.6) is 0 Å². The summed E-state index contributed by atoms with van der Waals surface area (Å²) in [6.45, 7) is 3.47. The van der Waals surface area contributed by atoms with Crippen LogP contribution in [-0.4, -0.2) is 25.6 Å². The van der Waals surface area contributed by atoms with Crippen LogP contribution >= 0.6 is 15.9 Å². The molecule has 0 bridgehead atoms. The Hall–Kier alpha value is -2.35. The Morgan fingerprint density at radius 2 is 2.09 bits per heavy atom. The summed E-state index contributed by atoms with van der Waals surface area (Å²) in [5.74, 6) is -0.967. The molecule has 1 aromatic carbocycles.